The van der Waals surface area contributed by atoms with Crippen molar-refractivity contribution in [3.8, 4) is 0 Å². The van der Waals surface area contributed by atoms with Crippen molar-refractivity contribution >= 4 is 23.4 Å². The average Bonchev–Trinajstić information content (AvgIpc) is 2.31. The monoisotopic (exact) mass is 258 g/mol. The van der Waals surface area contributed by atoms with E-state index in [2.05, 4.69) is 34.0 Å². The molecule has 0 amide bonds. The van der Waals surface area contributed by atoms with Crippen LogP contribution in [0.25, 0.3) is 0 Å². The van der Waals surface area contributed by atoms with Gasteiger partial charge in [0.25, 0.3) is 0 Å². The van der Waals surface area contributed by atoms with E-state index < -0.39 is 0 Å². The molecule has 0 saturated carbocycles. The molecule has 6 heteroatoms. The van der Waals surface area contributed by atoms with Crippen LogP contribution in [0.15, 0.2) is 6.20 Å². The first-order valence-corrected chi connectivity index (χ1v) is 5.93. The predicted octanol–water partition coefficient (Wildman–Crippen LogP) is 2.03. The summed E-state index contributed by atoms with van der Waals surface area (Å²) in [5, 5.41) is 3.46. The number of nitrogens with one attached hydrogen (secondary N) is 1. The Morgan fingerprint density at radius 2 is 2.24 bits per heavy atom. The third-order valence-corrected chi connectivity index (χ3v) is 2.65. The average molecular weight is 259 g/mol. The Balaban J connectivity index is 2.99. The zero-order valence-electron chi connectivity index (χ0n) is 10.7. The number of methoxy groups -OCH3 is 1. The third kappa shape index (κ3) is 3.71. The molecule has 17 heavy (non-hydrogen) atoms. The molecule has 1 N–H and O–H groups in total. The summed E-state index contributed by atoms with van der Waals surface area (Å²) in [5.41, 5.74) is 0. The van der Waals surface area contributed by atoms with Crippen molar-refractivity contribution in [2.45, 2.75) is 19.9 Å². The fourth-order valence-corrected chi connectivity index (χ4v) is 1.68. The Morgan fingerprint density at radius 1 is 1.53 bits per heavy atom. The lowest BCUT2D eigenvalue weighted by Crippen LogP contribution is -2.34. The van der Waals surface area contributed by atoms with Gasteiger partial charge >= 0.3 is 0 Å². The zero-order chi connectivity index (χ0) is 12.8. The fourth-order valence-electron chi connectivity index (χ4n) is 1.48. The van der Waals surface area contributed by atoms with Crippen LogP contribution in [0.5, 0.6) is 0 Å². The normalized spacial score (nSPS) is 10.7. The highest BCUT2D eigenvalue weighted by atomic mass is 35.5. The second-order valence-corrected chi connectivity index (χ2v) is 4.30. The van der Waals surface area contributed by atoms with Crippen LogP contribution in [-0.2, 0) is 4.74 Å². The summed E-state index contributed by atoms with van der Waals surface area (Å²) in [7, 11) is 3.46. The first-order chi connectivity index (χ1) is 8.10. The van der Waals surface area contributed by atoms with Crippen molar-refractivity contribution in [2.24, 2.45) is 0 Å². The van der Waals surface area contributed by atoms with Crippen molar-refractivity contribution in [3.05, 3.63) is 11.2 Å². The SMILES string of the molecule is CNc1ncc(Cl)c(N(CCOC)C(C)C)n1. The zero-order valence-corrected chi connectivity index (χ0v) is 11.5. The van der Waals surface area contributed by atoms with Crippen molar-refractivity contribution in [2.75, 3.05) is 37.5 Å². The van der Waals surface area contributed by atoms with Gasteiger partial charge in [-0.15, -0.1) is 0 Å². The number of anilines is 2. The lowest BCUT2D eigenvalue weighted by Gasteiger charge is -2.28. The Bertz CT molecular complexity index is 359. The molecule has 0 saturated heterocycles. The molecule has 0 aromatic carbocycles. The summed E-state index contributed by atoms with van der Waals surface area (Å²) in [6.07, 6.45) is 1.61. The summed E-state index contributed by atoms with van der Waals surface area (Å²) >= 11 is 6.14. The first-order valence-electron chi connectivity index (χ1n) is 5.56. The summed E-state index contributed by atoms with van der Waals surface area (Å²) < 4.78 is 5.10. The summed E-state index contributed by atoms with van der Waals surface area (Å²) in [6.45, 7) is 5.56. The minimum absolute atomic E-state index is 0.294. The van der Waals surface area contributed by atoms with Gasteiger partial charge in [-0.25, -0.2) is 4.98 Å². The number of rotatable bonds is 6. The highest BCUT2D eigenvalue weighted by molar-refractivity contribution is 6.32. The summed E-state index contributed by atoms with van der Waals surface area (Å²) in [5.74, 6) is 1.30. The predicted molar refractivity (Wildman–Crippen MR) is 70.9 cm³/mol. The van der Waals surface area contributed by atoms with Crippen LogP contribution in [0.1, 0.15) is 13.8 Å². The van der Waals surface area contributed by atoms with E-state index in [0.717, 1.165) is 12.4 Å². The first kappa shape index (κ1) is 14.0. The van der Waals surface area contributed by atoms with E-state index in [-0.39, 0.29) is 0 Å². The van der Waals surface area contributed by atoms with Crippen LogP contribution < -0.4 is 10.2 Å². The minimum Gasteiger partial charge on any atom is -0.383 e. The molecule has 96 valence electrons. The summed E-state index contributed by atoms with van der Waals surface area (Å²) in [4.78, 5) is 10.5. The molecule has 0 spiro atoms. The second kappa shape index (κ2) is 6.61. The van der Waals surface area contributed by atoms with Crippen molar-refractivity contribution in [1.82, 2.24) is 9.97 Å². The van der Waals surface area contributed by atoms with Gasteiger partial charge in [-0.1, -0.05) is 11.6 Å². The van der Waals surface area contributed by atoms with Crippen LogP contribution in [0, 0.1) is 0 Å². The van der Waals surface area contributed by atoms with Gasteiger partial charge in [0, 0.05) is 26.7 Å². The largest absolute Gasteiger partial charge is 0.383 e. The number of halogens is 1. The van der Waals surface area contributed by atoms with Gasteiger partial charge in [0.05, 0.1) is 12.8 Å². The van der Waals surface area contributed by atoms with Crippen LogP contribution in [0.4, 0.5) is 11.8 Å². The maximum absolute atomic E-state index is 6.14. The van der Waals surface area contributed by atoms with Gasteiger partial charge in [0.2, 0.25) is 5.95 Å². The number of aromatic nitrogens is 2. The fraction of sp³-hybridized carbons (Fsp3) is 0.636. The van der Waals surface area contributed by atoms with Gasteiger partial charge in [-0.3, -0.25) is 0 Å². The number of ether oxygens (including phenoxy) is 1. The summed E-state index contributed by atoms with van der Waals surface area (Å²) in [6, 6.07) is 0.294. The van der Waals surface area contributed by atoms with E-state index in [1.165, 1.54) is 0 Å². The van der Waals surface area contributed by atoms with Crippen LogP contribution in [-0.4, -0.2) is 43.3 Å². The Labute approximate surface area is 107 Å². The Morgan fingerprint density at radius 3 is 2.76 bits per heavy atom. The minimum atomic E-state index is 0.294. The van der Waals surface area contributed by atoms with Crippen LogP contribution in [0.2, 0.25) is 5.02 Å². The van der Waals surface area contributed by atoms with E-state index in [9.17, 15) is 0 Å². The van der Waals surface area contributed by atoms with Crippen LogP contribution >= 0.6 is 11.6 Å². The molecule has 0 fully saturated rings. The van der Waals surface area contributed by atoms with Crippen molar-refractivity contribution < 1.29 is 4.74 Å². The standard InChI is InChI=1S/C11H19ClN4O/c1-8(2)16(5-6-17-4)10-9(12)7-14-11(13-3)15-10/h7-8H,5-6H2,1-4H3,(H,13,14,15). The van der Waals surface area contributed by atoms with Gasteiger partial charge in [-0.05, 0) is 13.8 Å². The molecular formula is C11H19ClN4O. The van der Waals surface area contributed by atoms with Gasteiger partial charge < -0.3 is 15.0 Å². The maximum atomic E-state index is 6.14. The van der Waals surface area contributed by atoms with E-state index in [1.807, 2.05) is 0 Å². The molecule has 1 aromatic rings. The quantitative estimate of drug-likeness (QED) is 0.846. The Kier molecular flexibility index (Phi) is 5.44. The van der Waals surface area contributed by atoms with Crippen molar-refractivity contribution in [1.29, 1.82) is 0 Å². The van der Waals surface area contributed by atoms with Gasteiger partial charge in [0.1, 0.15) is 5.02 Å². The van der Waals surface area contributed by atoms with E-state index in [1.54, 1.807) is 20.4 Å². The molecule has 1 rings (SSSR count). The third-order valence-electron chi connectivity index (χ3n) is 2.38. The molecule has 0 radical (unpaired) electrons. The maximum Gasteiger partial charge on any atom is 0.224 e. The molecule has 0 atom stereocenters. The molecule has 0 aliphatic rings. The highest BCUT2D eigenvalue weighted by Gasteiger charge is 2.16. The lowest BCUT2D eigenvalue weighted by atomic mass is 10.3. The smallest absolute Gasteiger partial charge is 0.224 e. The molecule has 1 aromatic heterocycles. The lowest BCUT2D eigenvalue weighted by molar-refractivity contribution is 0.203. The van der Waals surface area contributed by atoms with Gasteiger partial charge in [-0.2, -0.15) is 4.98 Å². The molecule has 0 unspecified atom stereocenters. The molecule has 1 heterocycles. The molecular weight excluding hydrogens is 240 g/mol. The number of nitrogens with zero attached hydrogens (tertiary/aromatic N) is 3. The Hall–Kier alpha value is -1.07. The van der Waals surface area contributed by atoms with E-state index in [0.29, 0.717) is 23.6 Å². The second-order valence-electron chi connectivity index (χ2n) is 3.90. The van der Waals surface area contributed by atoms with E-state index >= 15 is 0 Å². The topological polar surface area (TPSA) is 50.3 Å². The van der Waals surface area contributed by atoms with Crippen LogP contribution in [0.3, 0.4) is 0 Å². The number of hydrogen-bond donors (Lipinski definition) is 1. The van der Waals surface area contributed by atoms with Crippen molar-refractivity contribution in [3.63, 3.8) is 0 Å². The van der Waals surface area contributed by atoms with Gasteiger partial charge in [0.15, 0.2) is 5.82 Å². The molecule has 5 nitrogen and oxygen atoms in total. The number of hydrogen-bond acceptors (Lipinski definition) is 5. The van der Waals surface area contributed by atoms with E-state index in [4.69, 9.17) is 16.3 Å². The molecule has 0 bridgehead atoms. The molecule has 0 aliphatic heterocycles. The molecule has 0 aliphatic carbocycles. The highest BCUT2D eigenvalue weighted by Crippen LogP contribution is 2.25.